The Morgan fingerprint density at radius 1 is 1.00 bits per heavy atom. The lowest BCUT2D eigenvalue weighted by atomic mass is 10.1. The van der Waals surface area contributed by atoms with E-state index in [0.29, 0.717) is 33.0 Å². The van der Waals surface area contributed by atoms with Crippen molar-refractivity contribution in [2.24, 2.45) is 5.92 Å². The molecule has 0 saturated carbocycles. The molecule has 0 fully saturated rings. The zero-order valence-electron chi connectivity index (χ0n) is 11.4. The van der Waals surface area contributed by atoms with Gasteiger partial charge < -0.3 is 24.1 Å². The van der Waals surface area contributed by atoms with Gasteiger partial charge in [-0.3, -0.25) is 0 Å². The first-order chi connectivity index (χ1) is 8.59. The highest BCUT2D eigenvalue weighted by molar-refractivity contribution is 5.72. The largest absolute Gasteiger partial charge is 0.479 e. The third kappa shape index (κ3) is 9.35. The van der Waals surface area contributed by atoms with Crippen molar-refractivity contribution < 1.29 is 28.8 Å². The smallest absolute Gasteiger partial charge is 0.333 e. The summed E-state index contributed by atoms with van der Waals surface area (Å²) in [6.45, 7) is 6.33. The van der Waals surface area contributed by atoms with Gasteiger partial charge in [0.15, 0.2) is 6.10 Å². The van der Waals surface area contributed by atoms with Gasteiger partial charge in [0.05, 0.1) is 39.6 Å². The van der Waals surface area contributed by atoms with Gasteiger partial charge in [0.1, 0.15) is 0 Å². The highest BCUT2D eigenvalue weighted by Crippen LogP contribution is 2.06. The summed E-state index contributed by atoms with van der Waals surface area (Å²) in [5, 5.41) is 8.87. The first kappa shape index (κ1) is 17.3. The Labute approximate surface area is 108 Å². The van der Waals surface area contributed by atoms with Crippen LogP contribution in [0.4, 0.5) is 0 Å². The number of hydrogen-bond acceptors (Lipinski definition) is 5. The van der Waals surface area contributed by atoms with Crippen LogP contribution in [0.3, 0.4) is 0 Å². The Kier molecular flexibility index (Phi) is 11.0. The van der Waals surface area contributed by atoms with Gasteiger partial charge in [-0.05, 0) is 5.92 Å². The number of carbonyl (C=O) groups is 1. The summed E-state index contributed by atoms with van der Waals surface area (Å²) in [7, 11) is 1.62. The predicted octanol–water partition coefficient (Wildman–Crippen LogP) is 0.792. The van der Waals surface area contributed by atoms with E-state index in [-0.39, 0.29) is 12.5 Å². The van der Waals surface area contributed by atoms with Crippen molar-refractivity contribution in [2.75, 3.05) is 46.8 Å². The summed E-state index contributed by atoms with van der Waals surface area (Å²) in [4.78, 5) is 10.8. The van der Waals surface area contributed by atoms with Crippen molar-refractivity contribution in [3.63, 3.8) is 0 Å². The second-order valence-corrected chi connectivity index (χ2v) is 4.09. The maximum Gasteiger partial charge on any atom is 0.333 e. The molecule has 0 amide bonds. The molecule has 0 aromatic heterocycles. The third-order valence-corrected chi connectivity index (χ3v) is 2.18. The van der Waals surface area contributed by atoms with Crippen LogP contribution in [0.5, 0.6) is 0 Å². The molecule has 0 heterocycles. The molecule has 1 atom stereocenters. The van der Waals surface area contributed by atoms with Gasteiger partial charge in [0, 0.05) is 7.11 Å². The zero-order valence-corrected chi connectivity index (χ0v) is 11.4. The maximum absolute atomic E-state index is 10.8. The average Bonchev–Trinajstić information content (AvgIpc) is 2.30. The van der Waals surface area contributed by atoms with Crippen LogP contribution in [0.1, 0.15) is 13.8 Å². The van der Waals surface area contributed by atoms with Crippen molar-refractivity contribution >= 4 is 5.97 Å². The topological polar surface area (TPSA) is 74.2 Å². The number of rotatable bonds is 12. The molecule has 1 N–H and O–H groups in total. The van der Waals surface area contributed by atoms with E-state index in [0.717, 1.165) is 0 Å². The van der Waals surface area contributed by atoms with Crippen LogP contribution in [0.25, 0.3) is 0 Å². The lowest BCUT2D eigenvalue weighted by Gasteiger charge is -2.16. The van der Waals surface area contributed by atoms with E-state index in [1.54, 1.807) is 7.11 Å². The molecular formula is C12H24O6. The fraction of sp³-hybridized carbons (Fsp3) is 0.917. The van der Waals surface area contributed by atoms with Crippen molar-refractivity contribution in [2.45, 2.75) is 20.0 Å². The van der Waals surface area contributed by atoms with Crippen LogP contribution in [-0.4, -0.2) is 63.9 Å². The predicted molar refractivity (Wildman–Crippen MR) is 65.7 cm³/mol. The number of ether oxygens (including phenoxy) is 4. The average molecular weight is 264 g/mol. The molecule has 0 radical (unpaired) electrons. The highest BCUT2D eigenvalue weighted by atomic mass is 16.6. The summed E-state index contributed by atoms with van der Waals surface area (Å²) in [6, 6.07) is 0. The minimum absolute atomic E-state index is 0.0557. The molecule has 0 aliphatic heterocycles. The quantitative estimate of drug-likeness (QED) is 0.525. The van der Waals surface area contributed by atoms with E-state index in [1.807, 2.05) is 13.8 Å². The van der Waals surface area contributed by atoms with Crippen LogP contribution in [0.15, 0.2) is 0 Å². The van der Waals surface area contributed by atoms with E-state index in [2.05, 4.69) is 0 Å². The SMILES string of the molecule is COCCOCCOCCOC(C(=O)O)C(C)C. The lowest BCUT2D eigenvalue weighted by molar-refractivity contribution is -0.154. The Balaban J connectivity index is 3.36. The number of carboxylic acids is 1. The van der Waals surface area contributed by atoms with E-state index in [4.69, 9.17) is 24.1 Å². The van der Waals surface area contributed by atoms with Crippen LogP contribution in [0.2, 0.25) is 0 Å². The van der Waals surface area contributed by atoms with Crippen molar-refractivity contribution in [3.05, 3.63) is 0 Å². The number of hydrogen-bond donors (Lipinski definition) is 1. The molecule has 0 aliphatic carbocycles. The fourth-order valence-electron chi connectivity index (χ4n) is 1.25. The van der Waals surface area contributed by atoms with Gasteiger partial charge in [0.25, 0.3) is 0 Å². The third-order valence-electron chi connectivity index (χ3n) is 2.18. The molecule has 0 spiro atoms. The monoisotopic (exact) mass is 264 g/mol. The molecule has 0 aromatic rings. The van der Waals surface area contributed by atoms with Gasteiger partial charge in [-0.25, -0.2) is 4.79 Å². The second kappa shape index (κ2) is 11.4. The van der Waals surface area contributed by atoms with Crippen LogP contribution in [0, 0.1) is 5.92 Å². The van der Waals surface area contributed by atoms with Crippen LogP contribution >= 0.6 is 0 Å². The minimum atomic E-state index is -0.937. The molecule has 0 saturated heterocycles. The van der Waals surface area contributed by atoms with E-state index < -0.39 is 12.1 Å². The molecular weight excluding hydrogens is 240 g/mol. The number of aliphatic carboxylic acids is 1. The lowest BCUT2D eigenvalue weighted by Crippen LogP contribution is -2.30. The molecule has 6 nitrogen and oxygen atoms in total. The first-order valence-corrected chi connectivity index (χ1v) is 6.08. The maximum atomic E-state index is 10.8. The van der Waals surface area contributed by atoms with Gasteiger partial charge in [-0.2, -0.15) is 0 Å². The van der Waals surface area contributed by atoms with E-state index in [1.165, 1.54) is 0 Å². The number of methoxy groups -OCH3 is 1. The molecule has 1 unspecified atom stereocenters. The van der Waals surface area contributed by atoms with Crippen molar-refractivity contribution in [3.8, 4) is 0 Å². The Morgan fingerprint density at radius 3 is 1.94 bits per heavy atom. The molecule has 0 aliphatic rings. The van der Waals surface area contributed by atoms with Crippen LogP contribution < -0.4 is 0 Å². The molecule has 108 valence electrons. The summed E-state index contributed by atoms with van der Waals surface area (Å²) >= 11 is 0. The minimum Gasteiger partial charge on any atom is -0.479 e. The van der Waals surface area contributed by atoms with Gasteiger partial charge >= 0.3 is 5.97 Å². The summed E-state index contributed by atoms with van der Waals surface area (Å²) < 4.78 is 20.5. The van der Waals surface area contributed by atoms with Gasteiger partial charge in [0.2, 0.25) is 0 Å². The van der Waals surface area contributed by atoms with Gasteiger partial charge in [-0.1, -0.05) is 13.8 Å². The molecule has 0 aromatic carbocycles. The number of carboxylic acid groups (broad SMARTS) is 1. The van der Waals surface area contributed by atoms with Crippen molar-refractivity contribution in [1.29, 1.82) is 0 Å². The summed E-state index contributed by atoms with van der Waals surface area (Å²) in [5.41, 5.74) is 0. The normalized spacial score (nSPS) is 12.9. The van der Waals surface area contributed by atoms with E-state index >= 15 is 0 Å². The zero-order chi connectivity index (χ0) is 13.8. The first-order valence-electron chi connectivity index (χ1n) is 6.08. The summed E-state index contributed by atoms with van der Waals surface area (Å²) in [5.74, 6) is -0.993. The molecule has 0 rings (SSSR count). The fourth-order valence-corrected chi connectivity index (χ4v) is 1.25. The Bertz CT molecular complexity index is 207. The molecule has 6 heteroatoms. The van der Waals surface area contributed by atoms with Gasteiger partial charge in [-0.15, -0.1) is 0 Å². The molecule has 0 bridgehead atoms. The Morgan fingerprint density at radius 2 is 1.50 bits per heavy atom. The highest BCUT2D eigenvalue weighted by Gasteiger charge is 2.21. The summed E-state index contributed by atoms with van der Waals surface area (Å²) in [6.07, 6.45) is -0.772. The van der Waals surface area contributed by atoms with Crippen LogP contribution in [-0.2, 0) is 23.7 Å². The standard InChI is InChI=1S/C12H24O6/c1-10(2)11(12(13)14)18-9-8-17-7-6-16-5-4-15-3/h10-11H,4-9H2,1-3H3,(H,13,14). The molecule has 18 heavy (non-hydrogen) atoms. The Hall–Kier alpha value is -0.690. The van der Waals surface area contributed by atoms with Crippen molar-refractivity contribution in [1.82, 2.24) is 0 Å². The second-order valence-electron chi connectivity index (χ2n) is 4.09. The van der Waals surface area contributed by atoms with E-state index in [9.17, 15) is 4.79 Å².